The van der Waals surface area contributed by atoms with Gasteiger partial charge in [-0.05, 0) is 41.4 Å². The van der Waals surface area contributed by atoms with Crippen molar-refractivity contribution in [1.29, 1.82) is 0 Å². The molecule has 14 heavy (non-hydrogen) atoms. The molecule has 0 aromatic carbocycles. The van der Waals surface area contributed by atoms with Crippen LogP contribution in [0.5, 0.6) is 0 Å². The van der Waals surface area contributed by atoms with Crippen molar-refractivity contribution in [1.82, 2.24) is 4.98 Å². The van der Waals surface area contributed by atoms with Gasteiger partial charge in [0.2, 0.25) is 0 Å². The van der Waals surface area contributed by atoms with Gasteiger partial charge in [0.05, 0.1) is 5.69 Å². The molecular formula is C10H15BrN2O. The standard InChI is InChI=1S/C10H15BrN2O/c1-8-9(11)4-5-10(13-8)12-6-3-7-14-2/h4-5H,3,6-7H2,1-2H3,(H,12,13). The Balaban J connectivity index is 2.39. The molecule has 0 bridgehead atoms. The van der Waals surface area contributed by atoms with Crippen LogP contribution in [0.3, 0.4) is 0 Å². The van der Waals surface area contributed by atoms with E-state index >= 15 is 0 Å². The number of ether oxygens (including phenoxy) is 1. The summed E-state index contributed by atoms with van der Waals surface area (Å²) in [5, 5.41) is 3.24. The third-order valence-electron chi connectivity index (χ3n) is 1.85. The number of aromatic nitrogens is 1. The van der Waals surface area contributed by atoms with E-state index < -0.39 is 0 Å². The molecule has 0 aliphatic rings. The quantitative estimate of drug-likeness (QED) is 0.825. The number of hydrogen-bond acceptors (Lipinski definition) is 3. The zero-order valence-corrected chi connectivity index (χ0v) is 10.1. The Kier molecular flexibility index (Phi) is 4.90. The van der Waals surface area contributed by atoms with Crippen molar-refractivity contribution in [2.75, 3.05) is 25.6 Å². The highest BCUT2D eigenvalue weighted by Crippen LogP contribution is 2.15. The fraction of sp³-hybridized carbons (Fsp3) is 0.500. The van der Waals surface area contributed by atoms with E-state index in [0.29, 0.717) is 0 Å². The van der Waals surface area contributed by atoms with Crippen LogP contribution in [0.1, 0.15) is 12.1 Å². The SMILES string of the molecule is COCCCNc1ccc(Br)c(C)n1. The van der Waals surface area contributed by atoms with Crippen molar-refractivity contribution < 1.29 is 4.74 Å². The van der Waals surface area contributed by atoms with E-state index in [4.69, 9.17) is 4.74 Å². The Morgan fingerprint density at radius 3 is 2.93 bits per heavy atom. The molecule has 0 fully saturated rings. The van der Waals surface area contributed by atoms with Crippen molar-refractivity contribution in [2.45, 2.75) is 13.3 Å². The average Bonchev–Trinajstić information content (AvgIpc) is 2.18. The minimum atomic E-state index is 0.780. The van der Waals surface area contributed by atoms with Crippen molar-refractivity contribution in [3.05, 3.63) is 22.3 Å². The van der Waals surface area contributed by atoms with E-state index in [9.17, 15) is 0 Å². The third-order valence-corrected chi connectivity index (χ3v) is 2.69. The van der Waals surface area contributed by atoms with Gasteiger partial charge in [0.15, 0.2) is 0 Å². The van der Waals surface area contributed by atoms with Crippen LogP contribution in [0.25, 0.3) is 0 Å². The summed E-state index contributed by atoms with van der Waals surface area (Å²) >= 11 is 3.41. The molecule has 0 saturated heterocycles. The molecule has 3 nitrogen and oxygen atoms in total. The Morgan fingerprint density at radius 1 is 1.50 bits per heavy atom. The maximum Gasteiger partial charge on any atom is 0.126 e. The number of nitrogens with zero attached hydrogens (tertiary/aromatic N) is 1. The number of methoxy groups -OCH3 is 1. The fourth-order valence-corrected chi connectivity index (χ4v) is 1.30. The first-order valence-corrected chi connectivity index (χ1v) is 5.39. The summed E-state index contributed by atoms with van der Waals surface area (Å²) in [4.78, 5) is 4.37. The van der Waals surface area contributed by atoms with E-state index in [0.717, 1.165) is 35.6 Å². The maximum atomic E-state index is 4.95. The largest absolute Gasteiger partial charge is 0.385 e. The topological polar surface area (TPSA) is 34.1 Å². The van der Waals surface area contributed by atoms with Gasteiger partial charge in [-0.3, -0.25) is 0 Å². The van der Waals surface area contributed by atoms with Crippen LogP contribution in [0.4, 0.5) is 5.82 Å². The highest BCUT2D eigenvalue weighted by atomic mass is 79.9. The molecule has 0 aliphatic heterocycles. The molecule has 0 amide bonds. The lowest BCUT2D eigenvalue weighted by molar-refractivity contribution is 0.198. The Morgan fingerprint density at radius 2 is 2.29 bits per heavy atom. The van der Waals surface area contributed by atoms with Crippen LogP contribution >= 0.6 is 15.9 Å². The zero-order chi connectivity index (χ0) is 10.4. The minimum absolute atomic E-state index is 0.780. The summed E-state index contributed by atoms with van der Waals surface area (Å²) < 4.78 is 6.00. The van der Waals surface area contributed by atoms with Gasteiger partial charge in [0.1, 0.15) is 5.82 Å². The molecule has 0 spiro atoms. The predicted molar refractivity (Wildman–Crippen MR) is 61.7 cm³/mol. The van der Waals surface area contributed by atoms with Gasteiger partial charge in [-0.2, -0.15) is 0 Å². The third kappa shape index (κ3) is 3.64. The van der Waals surface area contributed by atoms with Gasteiger partial charge in [0.25, 0.3) is 0 Å². The summed E-state index contributed by atoms with van der Waals surface area (Å²) in [6.07, 6.45) is 0.993. The first kappa shape index (κ1) is 11.5. The molecule has 0 radical (unpaired) electrons. The van der Waals surface area contributed by atoms with Crippen LogP contribution in [0.15, 0.2) is 16.6 Å². The second-order valence-electron chi connectivity index (χ2n) is 3.04. The van der Waals surface area contributed by atoms with Gasteiger partial charge < -0.3 is 10.1 Å². The molecule has 4 heteroatoms. The van der Waals surface area contributed by atoms with E-state index in [-0.39, 0.29) is 0 Å². The Labute approximate surface area is 93.0 Å². The first-order valence-electron chi connectivity index (χ1n) is 4.60. The van der Waals surface area contributed by atoms with Gasteiger partial charge >= 0.3 is 0 Å². The lowest BCUT2D eigenvalue weighted by Gasteiger charge is -2.06. The number of rotatable bonds is 5. The van der Waals surface area contributed by atoms with Crippen LogP contribution in [-0.2, 0) is 4.74 Å². The van der Waals surface area contributed by atoms with Gasteiger partial charge in [-0.25, -0.2) is 4.98 Å². The van der Waals surface area contributed by atoms with Crippen LogP contribution in [0.2, 0.25) is 0 Å². The van der Waals surface area contributed by atoms with E-state index in [1.807, 2.05) is 19.1 Å². The molecule has 0 atom stereocenters. The summed E-state index contributed by atoms with van der Waals surface area (Å²) in [6.45, 7) is 3.65. The number of nitrogens with one attached hydrogen (secondary N) is 1. The predicted octanol–water partition coefficient (Wildman–Crippen LogP) is 2.60. The maximum absolute atomic E-state index is 4.95. The Hall–Kier alpha value is -0.610. The van der Waals surface area contributed by atoms with Gasteiger partial charge in [-0.1, -0.05) is 0 Å². The van der Waals surface area contributed by atoms with Crippen LogP contribution in [0, 0.1) is 6.92 Å². The number of aryl methyl sites for hydroxylation is 1. The number of hydrogen-bond donors (Lipinski definition) is 1. The molecule has 0 unspecified atom stereocenters. The summed E-state index contributed by atoms with van der Waals surface area (Å²) in [5.74, 6) is 0.918. The van der Waals surface area contributed by atoms with E-state index in [2.05, 4.69) is 26.2 Å². The molecule has 0 aliphatic carbocycles. The molecule has 1 heterocycles. The molecular weight excluding hydrogens is 244 g/mol. The van der Waals surface area contributed by atoms with Crippen LogP contribution < -0.4 is 5.32 Å². The van der Waals surface area contributed by atoms with E-state index in [1.165, 1.54) is 0 Å². The first-order chi connectivity index (χ1) is 6.74. The second-order valence-corrected chi connectivity index (χ2v) is 3.89. The van der Waals surface area contributed by atoms with E-state index in [1.54, 1.807) is 7.11 Å². The summed E-state index contributed by atoms with van der Waals surface area (Å²) in [7, 11) is 1.71. The normalized spacial score (nSPS) is 10.2. The van der Waals surface area contributed by atoms with Crippen molar-refractivity contribution in [3.63, 3.8) is 0 Å². The molecule has 1 aromatic rings. The van der Waals surface area contributed by atoms with Crippen molar-refractivity contribution >= 4 is 21.7 Å². The number of anilines is 1. The molecule has 1 rings (SSSR count). The average molecular weight is 259 g/mol. The van der Waals surface area contributed by atoms with Crippen LogP contribution in [-0.4, -0.2) is 25.2 Å². The molecule has 1 N–H and O–H groups in total. The monoisotopic (exact) mass is 258 g/mol. The second kappa shape index (κ2) is 5.98. The molecule has 0 saturated carbocycles. The fourth-order valence-electron chi connectivity index (χ4n) is 1.08. The van der Waals surface area contributed by atoms with Crippen molar-refractivity contribution in [3.8, 4) is 0 Å². The molecule has 78 valence electrons. The van der Waals surface area contributed by atoms with Gasteiger partial charge in [0, 0.05) is 24.7 Å². The Bertz CT molecular complexity index is 291. The lowest BCUT2D eigenvalue weighted by atomic mass is 10.3. The highest BCUT2D eigenvalue weighted by molar-refractivity contribution is 9.10. The number of halogens is 1. The number of pyridine rings is 1. The molecule has 1 aromatic heterocycles. The minimum Gasteiger partial charge on any atom is -0.385 e. The summed E-state index contributed by atoms with van der Waals surface area (Å²) in [6, 6.07) is 3.96. The highest BCUT2D eigenvalue weighted by Gasteiger charge is 1.97. The summed E-state index contributed by atoms with van der Waals surface area (Å²) in [5.41, 5.74) is 1.00. The lowest BCUT2D eigenvalue weighted by Crippen LogP contribution is -2.06. The van der Waals surface area contributed by atoms with Crippen molar-refractivity contribution in [2.24, 2.45) is 0 Å². The smallest absolute Gasteiger partial charge is 0.126 e. The zero-order valence-electron chi connectivity index (χ0n) is 8.51. The van der Waals surface area contributed by atoms with Gasteiger partial charge in [-0.15, -0.1) is 0 Å².